The van der Waals surface area contributed by atoms with E-state index in [4.69, 9.17) is 5.73 Å². The highest BCUT2D eigenvalue weighted by Crippen LogP contribution is 2.30. The van der Waals surface area contributed by atoms with E-state index < -0.39 is 0 Å². The van der Waals surface area contributed by atoms with Crippen LogP contribution in [0.5, 0.6) is 0 Å². The van der Waals surface area contributed by atoms with Crippen molar-refractivity contribution in [3.63, 3.8) is 0 Å². The Labute approximate surface area is 94.6 Å². The molecule has 0 saturated heterocycles. The van der Waals surface area contributed by atoms with Crippen LogP contribution in [0.1, 0.15) is 32.1 Å². The van der Waals surface area contributed by atoms with Crippen LogP contribution in [-0.2, 0) is 7.05 Å². The number of rotatable bonds is 2. The maximum absolute atomic E-state index is 6.17. The molecule has 1 heterocycles. The quantitative estimate of drug-likeness (QED) is 0.778. The van der Waals surface area contributed by atoms with Gasteiger partial charge in [-0.2, -0.15) is 0 Å². The topological polar surface area (TPSA) is 56.7 Å². The fraction of sp³-hybridized carbons (Fsp3) is 0.800. The lowest BCUT2D eigenvalue weighted by molar-refractivity contribution is 0.593. The zero-order chi connectivity index (χ0) is 10.7. The van der Waals surface area contributed by atoms with E-state index in [1.807, 2.05) is 11.6 Å². The van der Waals surface area contributed by atoms with Crippen molar-refractivity contribution in [2.75, 3.05) is 0 Å². The fourth-order valence-electron chi connectivity index (χ4n) is 1.96. The molecule has 0 bridgehead atoms. The number of nitrogens with two attached hydrogens (primary N) is 1. The zero-order valence-corrected chi connectivity index (χ0v) is 9.91. The summed E-state index contributed by atoms with van der Waals surface area (Å²) in [5.41, 5.74) is 6.17. The van der Waals surface area contributed by atoms with Crippen LogP contribution in [0.15, 0.2) is 11.5 Å². The first kappa shape index (κ1) is 11.0. The molecule has 1 fully saturated rings. The molecule has 2 rings (SSSR count). The van der Waals surface area contributed by atoms with Gasteiger partial charge in [-0.15, -0.1) is 10.2 Å². The van der Waals surface area contributed by atoms with E-state index in [0.29, 0.717) is 11.3 Å². The first-order valence-corrected chi connectivity index (χ1v) is 6.41. The molecule has 84 valence electrons. The summed E-state index contributed by atoms with van der Waals surface area (Å²) in [7, 11) is 1.98. The molecule has 1 aromatic rings. The molecule has 1 saturated carbocycles. The van der Waals surface area contributed by atoms with Crippen LogP contribution in [0.2, 0.25) is 0 Å². The SMILES string of the molecule is Cn1cnnc1SC1CCCCCC1N. The van der Waals surface area contributed by atoms with Gasteiger partial charge in [0.05, 0.1) is 0 Å². The lowest BCUT2D eigenvalue weighted by Crippen LogP contribution is -2.31. The molecule has 2 unspecified atom stereocenters. The number of nitrogens with zero attached hydrogens (tertiary/aromatic N) is 3. The Morgan fingerprint density at radius 1 is 1.40 bits per heavy atom. The molecular weight excluding hydrogens is 208 g/mol. The molecule has 1 aliphatic rings. The lowest BCUT2D eigenvalue weighted by Gasteiger charge is -2.19. The van der Waals surface area contributed by atoms with Gasteiger partial charge in [0.1, 0.15) is 6.33 Å². The van der Waals surface area contributed by atoms with Gasteiger partial charge in [0, 0.05) is 18.3 Å². The molecule has 0 aromatic carbocycles. The molecule has 2 atom stereocenters. The third-order valence-electron chi connectivity index (χ3n) is 2.93. The Morgan fingerprint density at radius 3 is 2.93 bits per heavy atom. The van der Waals surface area contributed by atoms with Gasteiger partial charge >= 0.3 is 0 Å². The second kappa shape index (κ2) is 4.99. The minimum atomic E-state index is 0.314. The third kappa shape index (κ3) is 2.72. The molecule has 0 spiro atoms. The van der Waals surface area contributed by atoms with Crippen molar-refractivity contribution in [3.05, 3.63) is 6.33 Å². The van der Waals surface area contributed by atoms with Crippen LogP contribution >= 0.6 is 11.8 Å². The highest BCUT2D eigenvalue weighted by molar-refractivity contribution is 7.99. The Bertz CT molecular complexity index is 312. The van der Waals surface area contributed by atoms with Crippen LogP contribution in [0.25, 0.3) is 0 Å². The molecule has 2 N–H and O–H groups in total. The van der Waals surface area contributed by atoms with Gasteiger partial charge in [0.2, 0.25) is 0 Å². The number of hydrogen-bond acceptors (Lipinski definition) is 4. The first-order chi connectivity index (χ1) is 7.27. The third-order valence-corrected chi connectivity index (χ3v) is 4.40. The summed E-state index contributed by atoms with van der Waals surface area (Å²) in [5.74, 6) is 0. The van der Waals surface area contributed by atoms with Crippen LogP contribution in [0, 0.1) is 0 Å². The number of thioether (sulfide) groups is 1. The molecule has 1 aliphatic carbocycles. The van der Waals surface area contributed by atoms with E-state index in [9.17, 15) is 0 Å². The van der Waals surface area contributed by atoms with E-state index in [0.717, 1.165) is 11.6 Å². The summed E-state index contributed by atoms with van der Waals surface area (Å²) in [6.07, 6.45) is 7.99. The molecule has 15 heavy (non-hydrogen) atoms. The molecule has 0 amide bonds. The summed E-state index contributed by atoms with van der Waals surface area (Å²) >= 11 is 1.78. The summed E-state index contributed by atoms with van der Waals surface area (Å²) < 4.78 is 1.96. The van der Waals surface area contributed by atoms with Gasteiger partial charge < -0.3 is 10.3 Å². The van der Waals surface area contributed by atoms with Gasteiger partial charge in [-0.25, -0.2) is 0 Å². The van der Waals surface area contributed by atoms with E-state index in [2.05, 4.69) is 10.2 Å². The normalized spacial score (nSPS) is 27.6. The van der Waals surface area contributed by atoms with Crippen molar-refractivity contribution < 1.29 is 0 Å². The smallest absolute Gasteiger partial charge is 0.191 e. The molecule has 4 nitrogen and oxygen atoms in total. The second-order valence-electron chi connectivity index (χ2n) is 4.18. The van der Waals surface area contributed by atoms with Crippen molar-refractivity contribution in [1.29, 1.82) is 0 Å². The molecular formula is C10H18N4S. The average molecular weight is 226 g/mol. The van der Waals surface area contributed by atoms with Crippen molar-refractivity contribution in [1.82, 2.24) is 14.8 Å². The second-order valence-corrected chi connectivity index (χ2v) is 5.39. The maximum atomic E-state index is 6.17. The molecule has 5 heteroatoms. The Hall–Kier alpha value is -0.550. The summed E-state index contributed by atoms with van der Waals surface area (Å²) in [6, 6.07) is 0.314. The van der Waals surface area contributed by atoms with Crippen LogP contribution in [-0.4, -0.2) is 26.1 Å². The number of hydrogen-bond donors (Lipinski definition) is 1. The Balaban J connectivity index is 2.00. The van der Waals surface area contributed by atoms with Crippen LogP contribution in [0.4, 0.5) is 0 Å². The Kier molecular flexibility index (Phi) is 3.64. The minimum Gasteiger partial charge on any atom is -0.327 e. The monoisotopic (exact) mass is 226 g/mol. The zero-order valence-electron chi connectivity index (χ0n) is 9.09. The highest BCUT2D eigenvalue weighted by atomic mass is 32.2. The van der Waals surface area contributed by atoms with Gasteiger partial charge in [-0.3, -0.25) is 0 Å². The van der Waals surface area contributed by atoms with Gasteiger partial charge in [-0.05, 0) is 12.8 Å². The van der Waals surface area contributed by atoms with Crippen molar-refractivity contribution in [2.45, 2.75) is 48.6 Å². The van der Waals surface area contributed by atoms with E-state index in [-0.39, 0.29) is 0 Å². The van der Waals surface area contributed by atoms with Crippen molar-refractivity contribution in [3.8, 4) is 0 Å². The number of aromatic nitrogens is 3. The average Bonchev–Trinajstić information content (AvgIpc) is 2.50. The molecule has 0 aliphatic heterocycles. The van der Waals surface area contributed by atoms with Crippen molar-refractivity contribution in [2.24, 2.45) is 12.8 Å². The molecule has 0 radical (unpaired) electrons. The predicted octanol–water partition coefficient (Wildman–Crippen LogP) is 1.57. The predicted molar refractivity (Wildman–Crippen MR) is 61.7 cm³/mol. The van der Waals surface area contributed by atoms with Crippen molar-refractivity contribution >= 4 is 11.8 Å². The van der Waals surface area contributed by atoms with E-state index >= 15 is 0 Å². The van der Waals surface area contributed by atoms with E-state index in [1.54, 1.807) is 18.1 Å². The van der Waals surface area contributed by atoms with Crippen LogP contribution in [0.3, 0.4) is 0 Å². The largest absolute Gasteiger partial charge is 0.327 e. The van der Waals surface area contributed by atoms with E-state index in [1.165, 1.54) is 25.7 Å². The highest BCUT2D eigenvalue weighted by Gasteiger charge is 2.22. The minimum absolute atomic E-state index is 0.314. The van der Waals surface area contributed by atoms with Gasteiger partial charge in [0.15, 0.2) is 5.16 Å². The molecule has 1 aromatic heterocycles. The lowest BCUT2D eigenvalue weighted by atomic mass is 10.1. The fourth-order valence-corrected chi connectivity index (χ4v) is 3.14. The summed E-state index contributed by atoms with van der Waals surface area (Å²) in [6.45, 7) is 0. The van der Waals surface area contributed by atoms with Gasteiger partial charge in [-0.1, -0.05) is 31.0 Å². The number of aryl methyl sites for hydroxylation is 1. The standard InChI is InChI=1S/C10H18N4S/c1-14-7-12-13-10(14)15-9-6-4-2-3-5-8(9)11/h7-9H,2-6,11H2,1H3. The summed E-state index contributed by atoms with van der Waals surface area (Å²) in [5, 5.41) is 9.48. The van der Waals surface area contributed by atoms with Gasteiger partial charge in [0.25, 0.3) is 0 Å². The summed E-state index contributed by atoms with van der Waals surface area (Å²) in [4.78, 5) is 0. The first-order valence-electron chi connectivity index (χ1n) is 5.53. The Morgan fingerprint density at radius 2 is 2.20 bits per heavy atom. The van der Waals surface area contributed by atoms with Crippen LogP contribution < -0.4 is 5.73 Å². The maximum Gasteiger partial charge on any atom is 0.191 e.